The molecule has 1 saturated carbocycles. The average molecular weight is 283 g/mol. The Morgan fingerprint density at radius 2 is 2.00 bits per heavy atom. The topological polar surface area (TPSA) is 57.8 Å². The predicted molar refractivity (Wildman–Crippen MR) is 81.9 cm³/mol. The fourth-order valence-corrected chi connectivity index (χ4v) is 3.28. The third kappa shape index (κ3) is 2.84. The van der Waals surface area contributed by atoms with Gasteiger partial charge in [-0.25, -0.2) is 4.98 Å². The molecule has 110 valence electrons. The Morgan fingerprint density at radius 1 is 1.24 bits per heavy atom. The highest BCUT2D eigenvalue weighted by Gasteiger charge is 2.42. The molecule has 21 heavy (non-hydrogen) atoms. The van der Waals surface area contributed by atoms with Crippen LogP contribution in [-0.2, 0) is 16.6 Å². The molecular formula is C17H21N3O. The van der Waals surface area contributed by atoms with Gasteiger partial charge >= 0.3 is 0 Å². The molecule has 1 heterocycles. The molecule has 2 aromatic rings. The molecule has 0 radical (unpaired) electrons. The van der Waals surface area contributed by atoms with Crippen LogP contribution in [0.1, 0.15) is 37.1 Å². The van der Waals surface area contributed by atoms with Crippen LogP contribution in [0.15, 0.2) is 42.7 Å². The summed E-state index contributed by atoms with van der Waals surface area (Å²) in [5.74, 6) is 1.08. The highest BCUT2D eigenvalue weighted by Crippen LogP contribution is 2.41. The normalized spacial score (nSPS) is 16.8. The average Bonchev–Trinajstić information content (AvgIpc) is 3.20. The van der Waals surface area contributed by atoms with Gasteiger partial charge in [0, 0.05) is 25.4 Å². The van der Waals surface area contributed by atoms with Gasteiger partial charge in [-0.15, -0.1) is 0 Å². The SMILES string of the molecule is O=C(NCCc1ncc[nH]1)C1(c2ccccc2)CCCC1. The van der Waals surface area contributed by atoms with Gasteiger partial charge in [0.2, 0.25) is 5.91 Å². The van der Waals surface area contributed by atoms with Crippen molar-refractivity contribution in [1.82, 2.24) is 15.3 Å². The molecule has 2 N–H and O–H groups in total. The lowest BCUT2D eigenvalue weighted by Gasteiger charge is -2.28. The molecule has 0 unspecified atom stereocenters. The largest absolute Gasteiger partial charge is 0.355 e. The van der Waals surface area contributed by atoms with Crippen LogP contribution in [0.5, 0.6) is 0 Å². The summed E-state index contributed by atoms with van der Waals surface area (Å²) < 4.78 is 0. The van der Waals surface area contributed by atoms with Crippen molar-refractivity contribution in [2.45, 2.75) is 37.5 Å². The van der Waals surface area contributed by atoms with E-state index >= 15 is 0 Å². The molecule has 0 atom stereocenters. The number of H-pyrrole nitrogens is 1. The van der Waals surface area contributed by atoms with Crippen LogP contribution in [0, 0.1) is 0 Å². The minimum atomic E-state index is -0.329. The Kier molecular flexibility index (Phi) is 4.04. The van der Waals surface area contributed by atoms with Crippen LogP contribution >= 0.6 is 0 Å². The van der Waals surface area contributed by atoms with E-state index in [0.29, 0.717) is 6.54 Å². The third-order valence-corrected chi connectivity index (χ3v) is 4.42. The van der Waals surface area contributed by atoms with Crippen molar-refractivity contribution in [3.8, 4) is 0 Å². The van der Waals surface area contributed by atoms with E-state index in [4.69, 9.17) is 0 Å². The lowest BCUT2D eigenvalue weighted by molar-refractivity contribution is -0.126. The second kappa shape index (κ2) is 6.12. The van der Waals surface area contributed by atoms with Gasteiger partial charge in [-0.1, -0.05) is 43.2 Å². The summed E-state index contributed by atoms with van der Waals surface area (Å²) >= 11 is 0. The molecule has 0 bridgehead atoms. The number of carbonyl (C=O) groups excluding carboxylic acids is 1. The van der Waals surface area contributed by atoms with Gasteiger partial charge in [-0.05, 0) is 18.4 Å². The lowest BCUT2D eigenvalue weighted by atomic mass is 9.78. The summed E-state index contributed by atoms with van der Waals surface area (Å²) in [6, 6.07) is 10.2. The van der Waals surface area contributed by atoms with Gasteiger partial charge in [-0.3, -0.25) is 4.79 Å². The van der Waals surface area contributed by atoms with Crippen molar-refractivity contribution < 1.29 is 4.79 Å². The summed E-state index contributed by atoms with van der Waals surface area (Å²) in [5, 5.41) is 3.10. The highest BCUT2D eigenvalue weighted by molar-refractivity contribution is 5.88. The first-order valence-corrected chi connectivity index (χ1v) is 7.63. The van der Waals surface area contributed by atoms with E-state index < -0.39 is 0 Å². The van der Waals surface area contributed by atoms with Gasteiger partial charge in [0.1, 0.15) is 5.82 Å². The fourth-order valence-electron chi connectivity index (χ4n) is 3.28. The molecule has 4 heteroatoms. The van der Waals surface area contributed by atoms with Crippen molar-refractivity contribution in [1.29, 1.82) is 0 Å². The monoisotopic (exact) mass is 283 g/mol. The Labute approximate surface area is 125 Å². The quantitative estimate of drug-likeness (QED) is 0.886. The van der Waals surface area contributed by atoms with Crippen molar-refractivity contribution in [2.75, 3.05) is 6.54 Å². The van der Waals surface area contributed by atoms with Gasteiger partial charge in [0.25, 0.3) is 0 Å². The summed E-state index contributed by atoms with van der Waals surface area (Å²) in [4.78, 5) is 20.0. The Bertz CT molecular complexity index is 571. The van der Waals surface area contributed by atoms with Crippen LogP contribution in [0.3, 0.4) is 0 Å². The first-order chi connectivity index (χ1) is 10.3. The molecule has 1 fully saturated rings. The second-order valence-corrected chi connectivity index (χ2v) is 5.70. The number of benzene rings is 1. The molecular weight excluding hydrogens is 262 g/mol. The Hall–Kier alpha value is -2.10. The maximum Gasteiger partial charge on any atom is 0.230 e. The van der Waals surface area contributed by atoms with E-state index in [9.17, 15) is 4.79 Å². The number of carbonyl (C=O) groups is 1. The zero-order valence-electron chi connectivity index (χ0n) is 12.1. The van der Waals surface area contributed by atoms with E-state index in [1.54, 1.807) is 12.4 Å². The fraction of sp³-hybridized carbons (Fsp3) is 0.412. The maximum atomic E-state index is 12.8. The molecule has 3 rings (SSSR count). The molecule has 1 aliphatic carbocycles. The van der Waals surface area contributed by atoms with Crippen molar-refractivity contribution in [3.05, 3.63) is 54.1 Å². The maximum absolute atomic E-state index is 12.8. The number of hydrogen-bond acceptors (Lipinski definition) is 2. The van der Waals surface area contributed by atoms with Crippen molar-refractivity contribution in [2.24, 2.45) is 0 Å². The molecule has 1 amide bonds. The summed E-state index contributed by atoms with van der Waals surface area (Å²) in [6.45, 7) is 0.626. The van der Waals surface area contributed by atoms with E-state index in [0.717, 1.165) is 43.5 Å². The second-order valence-electron chi connectivity index (χ2n) is 5.70. The number of rotatable bonds is 5. The van der Waals surface area contributed by atoms with Gasteiger partial charge in [-0.2, -0.15) is 0 Å². The van der Waals surface area contributed by atoms with Crippen LogP contribution < -0.4 is 5.32 Å². The zero-order chi connectivity index (χ0) is 14.5. The van der Waals surface area contributed by atoms with Crippen LogP contribution in [0.4, 0.5) is 0 Å². The number of aromatic amines is 1. The van der Waals surface area contributed by atoms with E-state index in [2.05, 4.69) is 27.4 Å². The number of aromatic nitrogens is 2. The number of hydrogen-bond donors (Lipinski definition) is 2. The highest BCUT2D eigenvalue weighted by atomic mass is 16.2. The summed E-state index contributed by atoms with van der Waals surface area (Å²) in [6.07, 6.45) is 8.43. The molecule has 1 aromatic carbocycles. The standard InChI is InChI=1S/C17H21N3O/c21-16(20-11-8-15-18-12-13-19-15)17(9-4-5-10-17)14-6-2-1-3-7-14/h1-3,6-7,12-13H,4-5,8-11H2,(H,18,19)(H,20,21). The molecule has 0 saturated heterocycles. The van der Waals surface area contributed by atoms with Crippen LogP contribution in [-0.4, -0.2) is 22.4 Å². The molecule has 1 aromatic heterocycles. The smallest absolute Gasteiger partial charge is 0.230 e. The number of imidazole rings is 1. The predicted octanol–water partition coefficient (Wildman–Crippen LogP) is 2.58. The zero-order valence-corrected chi connectivity index (χ0v) is 12.1. The minimum Gasteiger partial charge on any atom is -0.355 e. The third-order valence-electron chi connectivity index (χ3n) is 4.42. The first-order valence-electron chi connectivity index (χ1n) is 7.63. The van der Waals surface area contributed by atoms with E-state index in [1.807, 2.05) is 18.2 Å². The Morgan fingerprint density at radius 3 is 2.67 bits per heavy atom. The number of nitrogens with zero attached hydrogens (tertiary/aromatic N) is 1. The van der Waals surface area contributed by atoms with E-state index in [1.165, 1.54) is 0 Å². The summed E-state index contributed by atoms with van der Waals surface area (Å²) in [5.41, 5.74) is 0.822. The number of amides is 1. The molecule has 0 spiro atoms. The van der Waals surface area contributed by atoms with Crippen LogP contribution in [0.2, 0.25) is 0 Å². The summed E-state index contributed by atoms with van der Waals surface area (Å²) in [7, 11) is 0. The molecule has 1 aliphatic rings. The van der Waals surface area contributed by atoms with E-state index in [-0.39, 0.29) is 11.3 Å². The van der Waals surface area contributed by atoms with Crippen molar-refractivity contribution >= 4 is 5.91 Å². The van der Waals surface area contributed by atoms with Crippen LogP contribution in [0.25, 0.3) is 0 Å². The van der Waals surface area contributed by atoms with Gasteiger partial charge in [0.05, 0.1) is 5.41 Å². The Balaban J connectivity index is 1.68. The minimum absolute atomic E-state index is 0.165. The molecule has 0 aliphatic heterocycles. The lowest BCUT2D eigenvalue weighted by Crippen LogP contribution is -2.43. The van der Waals surface area contributed by atoms with Gasteiger partial charge in [0.15, 0.2) is 0 Å². The number of nitrogens with one attached hydrogen (secondary N) is 2. The molecule has 4 nitrogen and oxygen atoms in total. The van der Waals surface area contributed by atoms with Crippen molar-refractivity contribution in [3.63, 3.8) is 0 Å². The first kappa shape index (κ1) is 13.9. The van der Waals surface area contributed by atoms with Gasteiger partial charge < -0.3 is 10.3 Å².